The van der Waals surface area contributed by atoms with Crippen molar-refractivity contribution in [2.45, 2.75) is 18.6 Å². The second kappa shape index (κ2) is 7.14. The number of hydrogen-bond donors (Lipinski definition) is 2. The molecule has 0 saturated carbocycles. The summed E-state index contributed by atoms with van der Waals surface area (Å²) in [4.78, 5) is 14.4. The summed E-state index contributed by atoms with van der Waals surface area (Å²) in [5, 5.41) is 13.2. The van der Waals surface area contributed by atoms with Crippen LogP contribution in [0.2, 0.25) is 5.02 Å². The third-order valence-electron chi connectivity index (χ3n) is 5.25. The molecule has 0 unspecified atom stereocenters. The number of phenols is 1. The van der Waals surface area contributed by atoms with Crippen molar-refractivity contribution in [1.82, 2.24) is 10.2 Å². The predicted octanol–water partition coefficient (Wildman–Crippen LogP) is 2.96. The zero-order valence-corrected chi connectivity index (χ0v) is 16.1. The van der Waals surface area contributed by atoms with Gasteiger partial charge in [0.05, 0.1) is 24.2 Å². The summed E-state index contributed by atoms with van der Waals surface area (Å²) >= 11 is 6.28. The Kier molecular flexibility index (Phi) is 4.81. The Bertz CT molecular complexity index is 939. The molecule has 1 amide bonds. The van der Waals surface area contributed by atoms with Crippen molar-refractivity contribution in [2.24, 2.45) is 0 Å². The van der Waals surface area contributed by atoms with E-state index < -0.39 is 11.4 Å². The van der Waals surface area contributed by atoms with Crippen LogP contribution in [0.25, 0.3) is 0 Å². The van der Waals surface area contributed by atoms with Gasteiger partial charge < -0.3 is 19.9 Å². The van der Waals surface area contributed by atoms with Gasteiger partial charge >= 0.3 is 0 Å². The molecule has 6 nitrogen and oxygen atoms in total. The van der Waals surface area contributed by atoms with Crippen LogP contribution in [0, 0.1) is 5.82 Å². The van der Waals surface area contributed by atoms with Crippen molar-refractivity contribution >= 4 is 17.5 Å². The molecule has 0 radical (unpaired) electrons. The molecule has 2 aromatic rings. The maximum atomic E-state index is 13.5. The maximum Gasteiger partial charge on any atom is 0.255 e. The summed E-state index contributed by atoms with van der Waals surface area (Å²) in [5.41, 5.74) is 0.385. The van der Waals surface area contributed by atoms with Crippen LogP contribution in [0.4, 0.5) is 4.39 Å². The van der Waals surface area contributed by atoms with E-state index in [1.165, 1.54) is 25.3 Å². The molecule has 0 aromatic heterocycles. The number of carbonyl (C=O) groups is 1. The molecule has 2 heterocycles. The van der Waals surface area contributed by atoms with E-state index in [-0.39, 0.29) is 22.2 Å². The number of rotatable bonds is 3. The van der Waals surface area contributed by atoms with E-state index in [1.807, 2.05) is 6.07 Å². The third-order valence-corrected chi connectivity index (χ3v) is 5.67. The number of amides is 1. The second-order valence-electron chi connectivity index (χ2n) is 7.16. The smallest absolute Gasteiger partial charge is 0.255 e. The topological polar surface area (TPSA) is 71.0 Å². The molecular weight excluding hydrogens is 387 g/mol. The SMILES string of the molecule is COc1ccc(CN2CC[C@]3(CNC(=O)c4cc(F)ccc4O3)C2)c(Cl)c1O. The van der Waals surface area contributed by atoms with E-state index in [0.717, 1.165) is 12.1 Å². The Morgan fingerprint density at radius 1 is 1.39 bits per heavy atom. The van der Waals surface area contributed by atoms with Crippen molar-refractivity contribution in [3.05, 3.63) is 52.3 Å². The van der Waals surface area contributed by atoms with Gasteiger partial charge in [-0.3, -0.25) is 9.69 Å². The minimum Gasteiger partial charge on any atom is -0.503 e. The number of nitrogens with one attached hydrogen (secondary N) is 1. The molecular formula is C20H20ClFN2O4. The third kappa shape index (κ3) is 3.36. The Labute approximate surface area is 166 Å². The first-order chi connectivity index (χ1) is 13.4. The molecule has 148 valence electrons. The van der Waals surface area contributed by atoms with Crippen LogP contribution in [-0.4, -0.2) is 48.3 Å². The van der Waals surface area contributed by atoms with Gasteiger partial charge in [0.2, 0.25) is 0 Å². The molecule has 1 atom stereocenters. The highest BCUT2D eigenvalue weighted by Crippen LogP contribution is 2.38. The second-order valence-corrected chi connectivity index (χ2v) is 7.54. The van der Waals surface area contributed by atoms with E-state index in [2.05, 4.69) is 10.2 Å². The van der Waals surface area contributed by atoms with Gasteiger partial charge in [0.15, 0.2) is 11.5 Å². The van der Waals surface area contributed by atoms with E-state index in [0.29, 0.717) is 37.6 Å². The Morgan fingerprint density at radius 3 is 3.00 bits per heavy atom. The van der Waals surface area contributed by atoms with Gasteiger partial charge in [0.25, 0.3) is 5.91 Å². The average molecular weight is 407 g/mol. The molecule has 1 saturated heterocycles. The standard InChI is InChI=1S/C20H20ClFN2O4/c1-27-16-4-2-12(17(21)18(16)25)9-24-7-6-20(11-24)10-23-19(26)14-8-13(22)3-5-15(14)28-20/h2-5,8,25H,6-7,9-11H2,1H3,(H,23,26)/t20-/m0/s1. The van der Waals surface area contributed by atoms with Gasteiger partial charge in [-0.25, -0.2) is 4.39 Å². The van der Waals surface area contributed by atoms with Gasteiger partial charge in [0.1, 0.15) is 17.2 Å². The number of phenolic OH excluding ortho intramolecular Hbond substituents is 1. The van der Waals surface area contributed by atoms with Crippen LogP contribution < -0.4 is 14.8 Å². The fraction of sp³-hybridized carbons (Fsp3) is 0.350. The monoisotopic (exact) mass is 406 g/mol. The van der Waals surface area contributed by atoms with Crippen LogP contribution in [0.3, 0.4) is 0 Å². The first-order valence-electron chi connectivity index (χ1n) is 8.94. The molecule has 1 fully saturated rings. The summed E-state index contributed by atoms with van der Waals surface area (Å²) in [6.45, 7) is 2.15. The van der Waals surface area contributed by atoms with Crippen molar-refractivity contribution in [1.29, 1.82) is 0 Å². The number of ether oxygens (including phenoxy) is 2. The van der Waals surface area contributed by atoms with Gasteiger partial charge in [-0.05, 0) is 29.8 Å². The summed E-state index contributed by atoms with van der Waals surface area (Å²) in [7, 11) is 1.47. The van der Waals surface area contributed by atoms with Crippen LogP contribution in [0.1, 0.15) is 22.3 Å². The summed E-state index contributed by atoms with van der Waals surface area (Å²) in [6, 6.07) is 7.47. The van der Waals surface area contributed by atoms with Crippen molar-refractivity contribution < 1.29 is 23.8 Å². The zero-order valence-electron chi connectivity index (χ0n) is 15.3. The Morgan fingerprint density at radius 2 is 2.21 bits per heavy atom. The summed E-state index contributed by atoms with van der Waals surface area (Å²) in [6.07, 6.45) is 0.698. The first kappa shape index (κ1) is 18.8. The van der Waals surface area contributed by atoms with Gasteiger partial charge in [-0.1, -0.05) is 17.7 Å². The first-order valence-corrected chi connectivity index (χ1v) is 9.32. The van der Waals surface area contributed by atoms with Crippen LogP contribution in [-0.2, 0) is 6.54 Å². The quantitative estimate of drug-likeness (QED) is 0.820. The molecule has 2 N–H and O–H groups in total. The highest BCUT2D eigenvalue weighted by molar-refractivity contribution is 6.33. The minimum atomic E-state index is -0.597. The lowest BCUT2D eigenvalue weighted by molar-refractivity contribution is 0.0759. The number of aromatic hydroxyl groups is 1. The highest BCUT2D eigenvalue weighted by atomic mass is 35.5. The summed E-state index contributed by atoms with van der Waals surface area (Å²) < 4.78 is 24.8. The van der Waals surface area contributed by atoms with E-state index in [9.17, 15) is 14.3 Å². The number of likely N-dealkylation sites (tertiary alicyclic amines) is 1. The Balaban J connectivity index is 1.53. The number of methoxy groups -OCH3 is 1. The van der Waals surface area contributed by atoms with Crippen LogP contribution >= 0.6 is 11.6 Å². The number of carbonyl (C=O) groups excluding carboxylic acids is 1. The van der Waals surface area contributed by atoms with Crippen molar-refractivity contribution in [3.63, 3.8) is 0 Å². The average Bonchev–Trinajstić information content (AvgIpc) is 3.02. The normalized spacial score (nSPS) is 21.8. The Hall–Kier alpha value is -2.51. The van der Waals surface area contributed by atoms with Crippen LogP contribution in [0.15, 0.2) is 30.3 Å². The molecule has 1 spiro atoms. The molecule has 4 rings (SSSR count). The van der Waals surface area contributed by atoms with E-state index in [1.54, 1.807) is 6.07 Å². The lowest BCUT2D eigenvalue weighted by Gasteiger charge is -2.29. The zero-order chi connectivity index (χ0) is 19.9. The maximum absolute atomic E-state index is 13.5. The molecule has 0 bridgehead atoms. The lowest BCUT2D eigenvalue weighted by Crippen LogP contribution is -2.47. The van der Waals surface area contributed by atoms with Crippen LogP contribution in [0.5, 0.6) is 17.2 Å². The van der Waals surface area contributed by atoms with E-state index >= 15 is 0 Å². The lowest BCUT2D eigenvalue weighted by atomic mass is 10.0. The highest BCUT2D eigenvalue weighted by Gasteiger charge is 2.43. The number of nitrogens with zero attached hydrogens (tertiary/aromatic N) is 1. The molecule has 2 aromatic carbocycles. The summed E-state index contributed by atoms with van der Waals surface area (Å²) in [5.74, 6) is -0.184. The van der Waals surface area contributed by atoms with Gasteiger partial charge in [-0.15, -0.1) is 0 Å². The van der Waals surface area contributed by atoms with Gasteiger partial charge in [0, 0.05) is 26.1 Å². The molecule has 28 heavy (non-hydrogen) atoms. The number of halogens is 2. The fourth-order valence-corrected chi connectivity index (χ4v) is 4.00. The molecule has 8 heteroatoms. The molecule has 2 aliphatic heterocycles. The number of benzene rings is 2. The van der Waals surface area contributed by atoms with Crippen molar-refractivity contribution in [2.75, 3.05) is 26.7 Å². The molecule has 2 aliphatic rings. The fourth-order valence-electron chi connectivity index (χ4n) is 3.78. The molecule has 0 aliphatic carbocycles. The number of fused-ring (bicyclic) bond motifs is 1. The van der Waals surface area contributed by atoms with Gasteiger partial charge in [-0.2, -0.15) is 0 Å². The predicted molar refractivity (Wildman–Crippen MR) is 102 cm³/mol. The number of hydrogen-bond acceptors (Lipinski definition) is 5. The largest absolute Gasteiger partial charge is 0.503 e. The van der Waals surface area contributed by atoms with Crippen molar-refractivity contribution in [3.8, 4) is 17.2 Å². The minimum absolute atomic E-state index is 0.0792. The van der Waals surface area contributed by atoms with E-state index in [4.69, 9.17) is 21.1 Å².